The molecular weight excluding hydrogens is 268 g/mol. The molecule has 0 aromatic carbocycles. The maximum absolute atomic E-state index is 9.31. The first-order valence-corrected chi connectivity index (χ1v) is 7.70. The quantitative estimate of drug-likeness (QED) is 0.785. The lowest BCUT2D eigenvalue weighted by molar-refractivity contribution is 0.232. The number of rotatable bonds is 7. The third kappa shape index (κ3) is 4.82. The van der Waals surface area contributed by atoms with Gasteiger partial charge in [0.25, 0.3) is 0 Å². The zero-order valence-electron chi connectivity index (χ0n) is 13.2. The highest BCUT2D eigenvalue weighted by Gasteiger charge is 2.20. The van der Waals surface area contributed by atoms with Crippen molar-refractivity contribution in [2.45, 2.75) is 45.8 Å². The first-order chi connectivity index (χ1) is 10.1. The van der Waals surface area contributed by atoms with Crippen molar-refractivity contribution in [3.63, 3.8) is 0 Å². The van der Waals surface area contributed by atoms with Crippen molar-refractivity contribution in [2.24, 2.45) is 0 Å². The van der Waals surface area contributed by atoms with Gasteiger partial charge in [-0.05, 0) is 40.2 Å². The van der Waals surface area contributed by atoms with Gasteiger partial charge in [-0.25, -0.2) is 4.98 Å². The molecule has 1 aliphatic heterocycles. The van der Waals surface area contributed by atoms with E-state index in [2.05, 4.69) is 15.3 Å². The number of hydrogen-bond acceptors (Lipinski definition) is 6. The van der Waals surface area contributed by atoms with Crippen molar-refractivity contribution in [3.05, 3.63) is 11.8 Å². The van der Waals surface area contributed by atoms with Crippen LogP contribution in [0.3, 0.4) is 0 Å². The third-order valence-corrected chi connectivity index (χ3v) is 3.43. The van der Waals surface area contributed by atoms with E-state index >= 15 is 0 Å². The molecule has 0 saturated carbocycles. The minimum Gasteiger partial charge on any atom is -0.475 e. The Bertz CT molecular complexity index is 447. The number of aliphatic hydroxyl groups excluding tert-OH is 1. The summed E-state index contributed by atoms with van der Waals surface area (Å²) >= 11 is 0. The Morgan fingerprint density at radius 1 is 1.48 bits per heavy atom. The molecule has 2 rings (SSSR count). The predicted molar refractivity (Wildman–Crippen MR) is 82.9 cm³/mol. The van der Waals surface area contributed by atoms with Crippen LogP contribution in [0.15, 0.2) is 6.07 Å². The summed E-state index contributed by atoms with van der Waals surface area (Å²) in [6.07, 6.45) is 2.44. The maximum atomic E-state index is 9.31. The fourth-order valence-electron chi connectivity index (χ4n) is 2.54. The molecule has 0 radical (unpaired) electrons. The van der Waals surface area contributed by atoms with Crippen molar-refractivity contribution in [2.75, 3.05) is 31.1 Å². The Morgan fingerprint density at radius 2 is 2.29 bits per heavy atom. The van der Waals surface area contributed by atoms with Gasteiger partial charge in [-0.15, -0.1) is 0 Å². The van der Waals surface area contributed by atoms with E-state index in [1.165, 1.54) is 6.42 Å². The lowest BCUT2D eigenvalue weighted by Gasteiger charge is -2.25. The predicted octanol–water partition coefficient (Wildman–Crippen LogP) is 1.12. The average molecular weight is 294 g/mol. The van der Waals surface area contributed by atoms with Crippen LogP contribution in [-0.4, -0.2) is 53.5 Å². The number of aliphatic hydroxyl groups is 1. The van der Waals surface area contributed by atoms with E-state index in [0.717, 1.165) is 25.2 Å². The molecule has 1 aromatic rings. The Labute approximate surface area is 126 Å². The average Bonchev–Trinajstić information content (AvgIpc) is 2.89. The summed E-state index contributed by atoms with van der Waals surface area (Å²) in [5.74, 6) is 1.23. The maximum Gasteiger partial charge on any atom is 0.229 e. The van der Waals surface area contributed by atoms with Gasteiger partial charge < -0.3 is 20.1 Å². The molecule has 0 spiro atoms. The van der Waals surface area contributed by atoms with Crippen LogP contribution >= 0.6 is 0 Å². The van der Waals surface area contributed by atoms with Crippen LogP contribution in [0, 0.1) is 6.92 Å². The van der Waals surface area contributed by atoms with E-state index in [1.807, 2.05) is 31.7 Å². The summed E-state index contributed by atoms with van der Waals surface area (Å²) in [7, 11) is 0. The number of hydrogen-bond donors (Lipinski definition) is 2. The molecule has 6 nitrogen and oxygen atoms in total. The van der Waals surface area contributed by atoms with E-state index in [0.29, 0.717) is 24.4 Å². The number of nitrogens with one attached hydrogen (secondary N) is 1. The topological polar surface area (TPSA) is 70.5 Å². The summed E-state index contributed by atoms with van der Waals surface area (Å²) in [5, 5.41) is 12.8. The molecule has 118 valence electrons. The van der Waals surface area contributed by atoms with Gasteiger partial charge >= 0.3 is 0 Å². The van der Waals surface area contributed by atoms with E-state index in [9.17, 15) is 5.11 Å². The molecule has 0 aliphatic carbocycles. The van der Waals surface area contributed by atoms with Crippen molar-refractivity contribution >= 4 is 5.95 Å². The van der Waals surface area contributed by atoms with E-state index in [1.54, 1.807) is 0 Å². The van der Waals surface area contributed by atoms with Crippen LogP contribution in [0.2, 0.25) is 0 Å². The molecule has 1 saturated heterocycles. The minimum atomic E-state index is 0.0786. The van der Waals surface area contributed by atoms with Crippen LogP contribution in [-0.2, 0) is 0 Å². The van der Waals surface area contributed by atoms with Gasteiger partial charge in [-0.1, -0.05) is 0 Å². The largest absolute Gasteiger partial charge is 0.475 e. The molecule has 6 heteroatoms. The highest BCUT2D eigenvalue weighted by atomic mass is 16.5. The highest BCUT2D eigenvalue weighted by Crippen LogP contribution is 2.18. The molecule has 0 bridgehead atoms. The first-order valence-electron chi connectivity index (χ1n) is 7.70. The smallest absolute Gasteiger partial charge is 0.229 e. The molecule has 1 unspecified atom stereocenters. The fourth-order valence-corrected chi connectivity index (χ4v) is 2.54. The highest BCUT2D eigenvalue weighted by molar-refractivity contribution is 5.34. The summed E-state index contributed by atoms with van der Waals surface area (Å²) in [6.45, 7) is 8.38. The number of aryl methyl sites for hydroxylation is 1. The van der Waals surface area contributed by atoms with Crippen LogP contribution in [0.4, 0.5) is 5.95 Å². The second-order valence-corrected chi connectivity index (χ2v) is 5.78. The lowest BCUT2D eigenvalue weighted by atomic mass is 10.2. The number of aromatic nitrogens is 2. The summed E-state index contributed by atoms with van der Waals surface area (Å²) in [4.78, 5) is 11.0. The van der Waals surface area contributed by atoms with Gasteiger partial charge in [0, 0.05) is 30.9 Å². The molecule has 2 N–H and O–H groups in total. The molecule has 1 aliphatic rings. The Morgan fingerprint density at radius 3 is 2.90 bits per heavy atom. The van der Waals surface area contributed by atoms with Crippen LogP contribution in [0.1, 0.15) is 32.4 Å². The lowest BCUT2D eigenvalue weighted by Crippen LogP contribution is -2.40. The van der Waals surface area contributed by atoms with Gasteiger partial charge in [0.05, 0.1) is 12.7 Å². The van der Waals surface area contributed by atoms with Crippen molar-refractivity contribution in [3.8, 4) is 5.88 Å². The summed E-state index contributed by atoms with van der Waals surface area (Å²) in [5.41, 5.74) is 0.873. The van der Waals surface area contributed by atoms with Crippen molar-refractivity contribution < 1.29 is 9.84 Å². The standard InChI is InChI=1S/C15H26N4O2/c1-11(2)21-14-9-12(3)17-15(18-14)19(7-8-20)10-13-5-4-6-16-13/h9,11,13,16,20H,4-8,10H2,1-3H3. The molecule has 2 heterocycles. The second kappa shape index (κ2) is 7.56. The Kier molecular flexibility index (Phi) is 5.76. The molecule has 1 fully saturated rings. The number of anilines is 1. The van der Waals surface area contributed by atoms with Crippen molar-refractivity contribution in [1.82, 2.24) is 15.3 Å². The van der Waals surface area contributed by atoms with Gasteiger partial charge in [0.1, 0.15) is 0 Å². The fraction of sp³-hybridized carbons (Fsp3) is 0.733. The third-order valence-electron chi connectivity index (χ3n) is 3.43. The van der Waals surface area contributed by atoms with E-state index in [-0.39, 0.29) is 12.7 Å². The zero-order chi connectivity index (χ0) is 15.2. The summed E-state index contributed by atoms with van der Waals surface area (Å²) < 4.78 is 5.68. The molecule has 21 heavy (non-hydrogen) atoms. The van der Waals surface area contributed by atoms with Gasteiger partial charge in [0.15, 0.2) is 0 Å². The number of ether oxygens (including phenoxy) is 1. The molecular formula is C15H26N4O2. The normalized spacial score (nSPS) is 18.2. The Balaban J connectivity index is 2.15. The number of nitrogens with zero attached hydrogens (tertiary/aromatic N) is 3. The second-order valence-electron chi connectivity index (χ2n) is 5.78. The first kappa shape index (κ1) is 16.0. The van der Waals surface area contributed by atoms with Gasteiger partial charge in [-0.3, -0.25) is 0 Å². The minimum absolute atomic E-state index is 0.0786. The Hall–Kier alpha value is -1.40. The monoisotopic (exact) mass is 294 g/mol. The van der Waals surface area contributed by atoms with Crippen molar-refractivity contribution in [1.29, 1.82) is 0 Å². The zero-order valence-corrected chi connectivity index (χ0v) is 13.2. The molecule has 1 atom stereocenters. The van der Waals surface area contributed by atoms with Crippen LogP contribution in [0.25, 0.3) is 0 Å². The SMILES string of the molecule is Cc1cc(OC(C)C)nc(N(CCO)CC2CCCN2)n1. The van der Waals surface area contributed by atoms with E-state index in [4.69, 9.17) is 4.74 Å². The van der Waals surface area contributed by atoms with E-state index < -0.39 is 0 Å². The summed E-state index contributed by atoms with van der Waals surface area (Å²) in [6, 6.07) is 2.28. The van der Waals surface area contributed by atoms with Gasteiger partial charge in [0.2, 0.25) is 11.8 Å². The van der Waals surface area contributed by atoms with Gasteiger partial charge in [-0.2, -0.15) is 4.98 Å². The van der Waals surface area contributed by atoms with Crippen LogP contribution in [0.5, 0.6) is 5.88 Å². The molecule has 1 aromatic heterocycles. The van der Waals surface area contributed by atoms with Crippen LogP contribution < -0.4 is 15.0 Å². The molecule has 0 amide bonds.